The number of rotatable bonds is 3. The summed E-state index contributed by atoms with van der Waals surface area (Å²) in [5.41, 5.74) is 5.89. The highest BCUT2D eigenvalue weighted by molar-refractivity contribution is 5.65. The molecule has 146 valence electrons. The topological polar surface area (TPSA) is 176 Å². The van der Waals surface area contributed by atoms with Crippen molar-refractivity contribution in [1.29, 1.82) is 5.26 Å². The summed E-state index contributed by atoms with van der Waals surface area (Å²) in [5.74, 6) is -1.15. The van der Waals surface area contributed by atoms with Crippen LogP contribution in [0.2, 0.25) is 0 Å². The average Bonchev–Trinajstić information content (AvgIpc) is 3.16. The van der Waals surface area contributed by atoms with E-state index >= 15 is 0 Å². The van der Waals surface area contributed by atoms with Crippen LogP contribution in [0, 0.1) is 11.3 Å². The molecule has 11 nitrogen and oxygen atoms in total. The van der Waals surface area contributed by atoms with Crippen molar-refractivity contribution in [2.75, 3.05) is 12.3 Å². The van der Waals surface area contributed by atoms with Gasteiger partial charge in [-0.15, -0.1) is 0 Å². The molecule has 2 aromatic heterocycles. The second-order valence-electron chi connectivity index (χ2n) is 6.50. The number of nitrogens with two attached hydrogens (primary N) is 1. The molecule has 1 fully saturated rings. The van der Waals surface area contributed by atoms with Crippen LogP contribution < -0.4 is 5.73 Å². The summed E-state index contributed by atoms with van der Waals surface area (Å²) in [7, 11) is 0. The van der Waals surface area contributed by atoms with Crippen LogP contribution in [0.4, 0.5) is 10.6 Å². The number of anilines is 1. The smallest absolute Gasteiger partial charge is 0.450 e. The van der Waals surface area contributed by atoms with Crippen LogP contribution >= 0.6 is 0 Å². The van der Waals surface area contributed by atoms with Crippen molar-refractivity contribution >= 4 is 17.5 Å². The molecule has 1 saturated heterocycles. The lowest BCUT2D eigenvalue weighted by Crippen LogP contribution is -2.33. The Morgan fingerprint density at radius 1 is 1.56 bits per heavy atom. The molecule has 11 heteroatoms. The molecule has 1 aliphatic heterocycles. The first-order valence-electron chi connectivity index (χ1n) is 8.02. The van der Waals surface area contributed by atoms with Gasteiger partial charge in [0, 0.05) is 0 Å². The summed E-state index contributed by atoms with van der Waals surface area (Å²) in [5, 5.41) is 38.2. The van der Waals surface area contributed by atoms with Gasteiger partial charge in [-0.1, -0.05) is 0 Å². The van der Waals surface area contributed by atoms with Crippen LogP contribution in [0.25, 0.3) is 5.52 Å². The lowest BCUT2D eigenvalue weighted by Gasteiger charge is -2.20. The number of carboxylic acid groups (broad SMARTS) is 1. The third-order valence-corrected chi connectivity index (χ3v) is 3.65. The van der Waals surface area contributed by atoms with E-state index in [1.54, 1.807) is 16.6 Å². The van der Waals surface area contributed by atoms with Gasteiger partial charge in [0.2, 0.25) is 0 Å². The molecule has 0 radical (unpaired) electrons. The van der Waals surface area contributed by atoms with Gasteiger partial charge in [0.1, 0.15) is 30.6 Å². The van der Waals surface area contributed by atoms with Gasteiger partial charge in [-0.05, 0) is 38.8 Å². The molecule has 2 unspecified atom stereocenters. The Labute approximate surface area is 154 Å². The van der Waals surface area contributed by atoms with E-state index in [1.165, 1.54) is 20.2 Å². The number of nitriles is 1. The molecule has 0 spiro atoms. The summed E-state index contributed by atoms with van der Waals surface area (Å²) >= 11 is 0. The first-order chi connectivity index (χ1) is 12.5. The molecule has 2 aromatic rings. The van der Waals surface area contributed by atoms with Crippen LogP contribution in [0.5, 0.6) is 0 Å². The molecule has 0 aliphatic carbocycles. The van der Waals surface area contributed by atoms with Crippen molar-refractivity contribution < 1.29 is 29.6 Å². The van der Waals surface area contributed by atoms with E-state index in [9.17, 15) is 10.1 Å². The van der Waals surface area contributed by atoms with Crippen LogP contribution in [0.1, 0.15) is 38.5 Å². The number of carbonyl (C=O) groups is 1. The number of hydrogen-bond acceptors (Lipinski definition) is 9. The van der Waals surface area contributed by atoms with E-state index in [0.29, 0.717) is 24.2 Å². The fourth-order valence-electron chi connectivity index (χ4n) is 2.58. The maximum absolute atomic E-state index is 10.5. The minimum atomic E-state index is -1.50. The molecule has 27 heavy (non-hydrogen) atoms. The Morgan fingerprint density at radius 2 is 2.22 bits per heavy atom. The zero-order valence-corrected chi connectivity index (χ0v) is 14.9. The maximum atomic E-state index is 10.5. The highest BCUT2D eigenvalue weighted by Gasteiger charge is 2.43. The first kappa shape index (κ1) is 20.4. The Morgan fingerprint density at radius 3 is 2.81 bits per heavy atom. The van der Waals surface area contributed by atoms with Gasteiger partial charge in [0.15, 0.2) is 17.2 Å². The minimum absolute atomic E-state index is 0.324. The number of aliphatic hydroxyl groups is 2. The van der Waals surface area contributed by atoms with Crippen LogP contribution in [-0.4, -0.2) is 54.1 Å². The lowest BCUT2D eigenvalue weighted by molar-refractivity contribution is -0.127. The van der Waals surface area contributed by atoms with Crippen LogP contribution in [0.15, 0.2) is 18.5 Å². The Kier molecular flexibility index (Phi) is 5.85. The molecule has 3 heterocycles. The number of fused-ring (bicyclic) bond motifs is 1. The number of nitrogen functional groups attached to an aromatic ring is 1. The van der Waals surface area contributed by atoms with Gasteiger partial charge in [0.25, 0.3) is 0 Å². The zero-order chi connectivity index (χ0) is 20.2. The Hall–Kier alpha value is -2.94. The molecule has 5 N–H and O–H groups in total. The van der Waals surface area contributed by atoms with Crippen LogP contribution in [0.3, 0.4) is 0 Å². The summed E-state index contributed by atoms with van der Waals surface area (Å²) < 4.78 is 11.9. The normalized spacial score (nSPS) is 22.0. The van der Waals surface area contributed by atoms with E-state index < -0.39 is 23.6 Å². The van der Waals surface area contributed by atoms with Crippen molar-refractivity contribution in [3.05, 3.63) is 24.2 Å². The molecule has 2 atom stereocenters. The third kappa shape index (κ3) is 5.27. The molecular formula is C16H21N5O6. The summed E-state index contributed by atoms with van der Waals surface area (Å²) in [4.78, 5) is 14.4. The van der Waals surface area contributed by atoms with Gasteiger partial charge in [-0.2, -0.15) is 10.4 Å². The molecular weight excluding hydrogens is 358 g/mol. The van der Waals surface area contributed by atoms with E-state index in [2.05, 4.69) is 14.8 Å². The minimum Gasteiger partial charge on any atom is -0.450 e. The lowest BCUT2D eigenvalue weighted by atomic mass is 10.0. The molecule has 0 aromatic carbocycles. The fraction of sp³-hybridized carbons (Fsp3) is 0.500. The summed E-state index contributed by atoms with van der Waals surface area (Å²) in [6.07, 6.45) is 0.428. The summed E-state index contributed by atoms with van der Waals surface area (Å²) in [6, 6.07) is 5.58. The predicted octanol–water partition coefficient (Wildman–Crippen LogP) is 0.827. The number of hydrogen-bond donors (Lipinski definition) is 4. The largest absolute Gasteiger partial charge is 0.505 e. The van der Waals surface area contributed by atoms with Gasteiger partial charge in [-0.25, -0.2) is 14.3 Å². The van der Waals surface area contributed by atoms with Gasteiger partial charge < -0.3 is 30.5 Å². The van der Waals surface area contributed by atoms with Crippen molar-refractivity contribution in [3.8, 4) is 6.07 Å². The Balaban J connectivity index is 0.000000465. The van der Waals surface area contributed by atoms with E-state index in [1.807, 2.05) is 6.07 Å². The number of ether oxygens (including phenoxy) is 2. The van der Waals surface area contributed by atoms with Crippen molar-refractivity contribution in [3.63, 3.8) is 0 Å². The first-order valence-corrected chi connectivity index (χ1v) is 8.02. The summed E-state index contributed by atoms with van der Waals surface area (Å²) in [6.45, 7) is 2.27. The predicted molar refractivity (Wildman–Crippen MR) is 91.3 cm³/mol. The number of nitrogens with zero attached hydrogens (tertiary/aromatic N) is 4. The quantitative estimate of drug-likeness (QED) is 0.441. The highest BCUT2D eigenvalue weighted by atomic mass is 16.7. The monoisotopic (exact) mass is 379 g/mol. The third-order valence-electron chi connectivity index (χ3n) is 3.65. The van der Waals surface area contributed by atoms with Crippen LogP contribution in [-0.2, 0) is 9.47 Å². The molecule has 0 saturated carbocycles. The fourth-order valence-corrected chi connectivity index (χ4v) is 2.58. The molecule has 0 amide bonds. The maximum Gasteiger partial charge on any atom is 0.505 e. The van der Waals surface area contributed by atoms with Gasteiger partial charge >= 0.3 is 6.16 Å². The van der Waals surface area contributed by atoms with Gasteiger partial charge in [-0.3, -0.25) is 0 Å². The zero-order valence-electron chi connectivity index (χ0n) is 14.9. The molecule has 1 aliphatic rings. The molecule has 3 rings (SSSR count). The van der Waals surface area contributed by atoms with Crippen molar-refractivity contribution in [1.82, 2.24) is 14.6 Å². The Bertz CT molecular complexity index is 849. The van der Waals surface area contributed by atoms with Crippen molar-refractivity contribution in [2.45, 2.75) is 44.2 Å². The van der Waals surface area contributed by atoms with E-state index in [4.69, 9.17) is 25.8 Å². The van der Waals surface area contributed by atoms with E-state index in [0.717, 1.165) is 5.69 Å². The van der Waals surface area contributed by atoms with E-state index in [-0.39, 0.29) is 6.61 Å². The van der Waals surface area contributed by atoms with Gasteiger partial charge in [0.05, 0.1) is 5.69 Å². The standard InChI is InChI=1S/C13H13N5O4.C3H8O2/c14-5-13(6-21-12(19)20)4-3-10(22-13)8-1-2-9-11(15)16-7-17-18(8)9;1-3(2,4)5/h1-2,7,10H,3-4,6H2,(H,19,20)(H2,15,16,17);4-5H,1-2H3. The average molecular weight is 379 g/mol. The molecule has 0 bridgehead atoms. The second-order valence-corrected chi connectivity index (χ2v) is 6.50. The highest BCUT2D eigenvalue weighted by Crippen LogP contribution is 2.40. The van der Waals surface area contributed by atoms with Crippen molar-refractivity contribution in [2.24, 2.45) is 0 Å². The number of aromatic nitrogens is 3. The SMILES string of the molecule is CC(C)(O)O.N#CC1(COC(=O)O)CCC(c2ccc3c(N)ncnn23)O1. The second kappa shape index (κ2) is 7.75.